The summed E-state index contributed by atoms with van der Waals surface area (Å²) in [5.74, 6) is -2.33. The normalized spacial score (nSPS) is 18.6. The van der Waals surface area contributed by atoms with Crippen molar-refractivity contribution in [3.63, 3.8) is 0 Å². The molecule has 0 bridgehead atoms. The standard InChI is InChI=1S/C33H33O7P/c1-32(2)25-18-21(29(34)38-3)16-17-24(25)28-26(32)19-33(30(35)39-4,31(36)40-5)20-27(28)41(37,22-12-8-6-9-13-22)23-14-10-7-11-15-23/h6-18,26H,19-20H2,1-5H3. The molecule has 3 aromatic rings. The molecule has 3 aromatic carbocycles. The van der Waals surface area contributed by atoms with Gasteiger partial charge in [0.15, 0.2) is 12.6 Å². The number of rotatable bonds is 6. The molecular formula is C33H33O7P. The number of ether oxygens (including phenoxy) is 3. The molecule has 0 radical (unpaired) electrons. The predicted octanol–water partition coefficient (Wildman–Crippen LogP) is 5.23. The third-order valence-corrected chi connectivity index (χ3v) is 12.0. The highest BCUT2D eigenvalue weighted by Crippen LogP contribution is 2.68. The number of allylic oxidation sites excluding steroid dienone is 2. The van der Waals surface area contributed by atoms with E-state index in [1.807, 2.05) is 80.6 Å². The van der Waals surface area contributed by atoms with E-state index in [2.05, 4.69) is 0 Å². The van der Waals surface area contributed by atoms with Gasteiger partial charge in [0.1, 0.15) is 0 Å². The first kappa shape index (κ1) is 28.6. The second kappa shape index (κ2) is 10.5. The molecular weight excluding hydrogens is 539 g/mol. The van der Waals surface area contributed by atoms with Crippen molar-refractivity contribution in [2.75, 3.05) is 21.3 Å². The van der Waals surface area contributed by atoms with E-state index in [1.165, 1.54) is 21.3 Å². The average molecular weight is 573 g/mol. The SMILES string of the molecule is COC(=O)c1ccc2c(c1)C(C)(C)C1CC(C(=O)OC)(C(=O)OC)CC(P(=O)(c3ccccc3)c3ccccc3)=C21. The summed E-state index contributed by atoms with van der Waals surface area (Å²) >= 11 is 0. The van der Waals surface area contributed by atoms with Gasteiger partial charge in [0.05, 0.1) is 26.9 Å². The van der Waals surface area contributed by atoms with Crippen molar-refractivity contribution >= 4 is 41.2 Å². The topological polar surface area (TPSA) is 96.0 Å². The van der Waals surface area contributed by atoms with Crippen molar-refractivity contribution in [3.05, 3.63) is 101 Å². The van der Waals surface area contributed by atoms with E-state index in [4.69, 9.17) is 14.2 Å². The molecule has 1 unspecified atom stereocenters. The van der Waals surface area contributed by atoms with Crippen molar-refractivity contribution < 1.29 is 33.2 Å². The zero-order valence-corrected chi connectivity index (χ0v) is 24.7. The molecule has 0 aliphatic heterocycles. The van der Waals surface area contributed by atoms with Crippen LogP contribution in [0.3, 0.4) is 0 Å². The monoisotopic (exact) mass is 572 g/mol. The molecule has 41 heavy (non-hydrogen) atoms. The lowest BCUT2D eigenvalue weighted by Gasteiger charge is -2.43. The Morgan fingerprint density at radius 1 is 0.780 bits per heavy atom. The fraction of sp³-hybridized carbons (Fsp3) is 0.303. The van der Waals surface area contributed by atoms with E-state index >= 15 is 4.57 Å². The highest BCUT2D eigenvalue weighted by molar-refractivity contribution is 7.82. The summed E-state index contributed by atoms with van der Waals surface area (Å²) in [5.41, 5.74) is 0.569. The lowest BCUT2D eigenvalue weighted by Crippen LogP contribution is -2.47. The van der Waals surface area contributed by atoms with E-state index in [1.54, 1.807) is 12.1 Å². The second-order valence-electron chi connectivity index (χ2n) is 11.1. The first-order chi connectivity index (χ1) is 19.6. The van der Waals surface area contributed by atoms with Gasteiger partial charge in [-0.3, -0.25) is 9.59 Å². The fourth-order valence-electron chi connectivity index (χ4n) is 6.61. The Kier molecular flexibility index (Phi) is 7.29. The van der Waals surface area contributed by atoms with Gasteiger partial charge < -0.3 is 18.8 Å². The van der Waals surface area contributed by atoms with Crippen molar-refractivity contribution in [3.8, 4) is 0 Å². The molecule has 0 N–H and O–H groups in total. The lowest BCUT2D eigenvalue weighted by molar-refractivity contribution is -0.170. The number of hydrogen-bond donors (Lipinski definition) is 0. The van der Waals surface area contributed by atoms with Crippen LogP contribution in [-0.4, -0.2) is 39.2 Å². The number of hydrogen-bond acceptors (Lipinski definition) is 7. The molecule has 0 heterocycles. The minimum atomic E-state index is -3.63. The number of esters is 3. The maximum absolute atomic E-state index is 15.8. The van der Waals surface area contributed by atoms with Crippen LogP contribution in [0.5, 0.6) is 0 Å². The second-order valence-corrected chi connectivity index (χ2v) is 13.9. The van der Waals surface area contributed by atoms with E-state index in [9.17, 15) is 14.4 Å². The van der Waals surface area contributed by atoms with Gasteiger partial charge in [-0.15, -0.1) is 0 Å². The molecule has 0 saturated carbocycles. The summed E-state index contributed by atoms with van der Waals surface area (Å²) in [5, 5.41) is 1.70. The van der Waals surface area contributed by atoms with Gasteiger partial charge in [-0.25, -0.2) is 4.79 Å². The Morgan fingerprint density at radius 3 is 1.80 bits per heavy atom. The molecule has 0 amide bonds. The highest BCUT2D eigenvalue weighted by atomic mass is 31.2. The molecule has 2 aliphatic rings. The molecule has 5 rings (SSSR count). The summed E-state index contributed by atoms with van der Waals surface area (Å²) in [6.07, 6.45) is -0.0302. The van der Waals surface area contributed by atoms with Gasteiger partial charge in [-0.2, -0.15) is 0 Å². The highest BCUT2D eigenvalue weighted by Gasteiger charge is 2.61. The van der Waals surface area contributed by atoms with E-state index in [0.717, 1.165) is 16.7 Å². The van der Waals surface area contributed by atoms with Crippen LogP contribution < -0.4 is 10.6 Å². The first-order valence-corrected chi connectivity index (χ1v) is 15.1. The third-order valence-electron chi connectivity index (χ3n) is 8.75. The number of carbonyl (C=O) groups is 3. The summed E-state index contributed by atoms with van der Waals surface area (Å²) < 4.78 is 31.3. The number of benzene rings is 3. The predicted molar refractivity (Wildman–Crippen MR) is 157 cm³/mol. The number of carbonyl (C=O) groups excluding carboxylic acids is 3. The smallest absolute Gasteiger partial charge is 0.337 e. The Labute approximate surface area is 239 Å². The largest absolute Gasteiger partial charge is 0.468 e. The molecule has 1 atom stereocenters. The van der Waals surface area contributed by atoms with Crippen LogP contribution in [0.2, 0.25) is 0 Å². The fourth-order valence-corrected chi connectivity index (χ4v) is 9.82. The van der Waals surface area contributed by atoms with Crippen LogP contribution in [0.25, 0.3) is 5.57 Å². The summed E-state index contributed by atoms with van der Waals surface area (Å²) in [6.45, 7) is 4.03. The lowest BCUT2D eigenvalue weighted by atomic mass is 9.64. The Bertz CT molecular complexity index is 1550. The molecule has 7 nitrogen and oxygen atoms in total. The van der Waals surface area contributed by atoms with Crippen LogP contribution in [0.15, 0.2) is 84.2 Å². The maximum atomic E-state index is 15.8. The molecule has 0 spiro atoms. The third kappa shape index (κ3) is 4.26. The van der Waals surface area contributed by atoms with Crippen LogP contribution in [0.4, 0.5) is 0 Å². The number of fused-ring (bicyclic) bond motifs is 3. The average Bonchev–Trinajstić information content (AvgIpc) is 3.25. The minimum Gasteiger partial charge on any atom is -0.468 e. The van der Waals surface area contributed by atoms with Crippen LogP contribution >= 0.6 is 7.14 Å². The van der Waals surface area contributed by atoms with Gasteiger partial charge in [0, 0.05) is 22.3 Å². The van der Waals surface area contributed by atoms with Crippen LogP contribution in [0.1, 0.15) is 48.2 Å². The zero-order valence-electron chi connectivity index (χ0n) is 23.8. The number of methoxy groups -OCH3 is 3. The zero-order chi connectivity index (χ0) is 29.6. The van der Waals surface area contributed by atoms with Crippen LogP contribution in [-0.2, 0) is 33.8 Å². The van der Waals surface area contributed by atoms with Crippen molar-refractivity contribution in [1.82, 2.24) is 0 Å². The van der Waals surface area contributed by atoms with Crippen molar-refractivity contribution in [2.24, 2.45) is 11.3 Å². The quantitative estimate of drug-likeness (QED) is 0.173. The van der Waals surface area contributed by atoms with E-state index < -0.39 is 41.8 Å². The Hall–Kier alpha value is -3.96. The molecule has 8 heteroatoms. The van der Waals surface area contributed by atoms with Gasteiger partial charge in [0.25, 0.3) is 0 Å². The van der Waals surface area contributed by atoms with Crippen molar-refractivity contribution in [1.29, 1.82) is 0 Å². The molecule has 2 aliphatic carbocycles. The summed E-state index contributed by atoms with van der Waals surface area (Å²) in [6, 6.07) is 23.7. The molecule has 0 saturated heterocycles. The Morgan fingerprint density at radius 2 is 1.32 bits per heavy atom. The van der Waals surface area contributed by atoms with Gasteiger partial charge in [0.2, 0.25) is 0 Å². The van der Waals surface area contributed by atoms with Gasteiger partial charge in [-0.1, -0.05) is 80.6 Å². The Balaban J connectivity index is 1.92. The minimum absolute atomic E-state index is 0.101. The van der Waals surface area contributed by atoms with Gasteiger partial charge in [-0.05, 0) is 46.6 Å². The summed E-state index contributed by atoms with van der Waals surface area (Å²) in [4.78, 5) is 39.7. The first-order valence-electron chi connectivity index (χ1n) is 13.4. The van der Waals surface area contributed by atoms with Crippen LogP contribution in [0, 0.1) is 11.3 Å². The molecule has 0 aromatic heterocycles. The van der Waals surface area contributed by atoms with Crippen molar-refractivity contribution in [2.45, 2.75) is 32.1 Å². The van der Waals surface area contributed by atoms with E-state index in [-0.39, 0.29) is 12.8 Å². The molecule has 0 fully saturated rings. The summed E-state index contributed by atoms with van der Waals surface area (Å²) in [7, 11) is 0.200. The van der Waals surface area contributed by atoms with Gasteiger partial charge >= 0.3 is 17.9 Å². The van der Waals surface area contributed by atoms with E-state index in [0.29, 0.717) is 21.5 Å². The maximum Gasteiger partial charge on any atom is 0.337 e. The molecule has 212 valence electrons.